The summed E-state index contributed by atoms with van der Waals surface area (Å²) in [5, 5.41) is 3.81. The molecule has 1 atom stereocenters. The lowest BCUT2D eigenvalue weighted by atomic mass is 9.87. The molecule has 3 aromatic carbocycles. The van der Waals surface area contributed by atoms with Crippen LogP contribution in [0.2, 0.25) is 10.0 Å². The van der Waals surface area contributed by atoms with Crippen molar-refractivity contribution in [3.8, 4) is 11.5 Å². The molecule has 2 aliphatic rings. The highest BCUT2D eigenvalue weighted by atomic mass is 35.5. The Morgan fingerprint density at radius 1 is 0.978 bits per heavy atom. The van der Waals surface area contributed by atoms with E-state index in [1.165, 1.54) is 0 Å². The number of nitrogens with one attached hydrogen (secondary N) is 1. The van der Waals surface area contributed by atoms with E-state index in [0.717, 1.165) is 77.9 Å². The maximum atomic E-state index is 12.6. The largest absolute Gasteiger partial charge is 0.489 e. The van der Waals surface area contributed by atoms with E-state index in [9.17, 15) is 9.59 Å². The molecule has 0 aromatic heterocycles. The Bertz CT molecular complexity index is 1620. The fourth-order valence-corrected chi connectivity index (χ4v) is 6.29. The number of rotatable bonds is 8. The average Bonchev–Trinajstić information content (AvgIpc) is 3.35. The lowest BCUT2D eigenvalue weighted by molar-refractivity contribution is -0.143. The smallest absolute Gasteiger partial charge is 0.316 e. The van der Waals surface area contributed by atoms with Crippen LogP contribution in [-0.2, 0) is 16.0 Å². The summed E-state index contributed by atoms with van der Waals surface area (Å²) in [4.78, 5) is 26.4. The maximum absolute atomic E-state index is 12.6. The second-order valence-electron chi connectivity index (χ2n) is 12.6. The van der Waals surface area contributed by atoms with Crippen LogP contribution < -0.4 is 14.8 Å². The zero-order valence-electron chi connectivity index (χ0n) is 26.3. The van der Waals surface area contributed by atoms with E-state index in [1.807, 2.05) is 63.2 Å². The highest BCUT2D eigenvalue weighted by Gasteiger charge is 2.27. The van der Waals surface area contributed by atoms with Gasteiger partial charge in [0.1, 0.15) is 17.6 Å². The number of allylic oxidation sites excluding steroid dienone is 1. The van der Waals surface area contributed by atoms with Crippen LogP contribution in [0.4, 0.5) is 0 Å². The lowest BCUT2D eigenvalue weighted by Gasteiger charge is -2.20. The van der Waals surface area contributed by atoms with Crippen LogP contribution in [0.1, 0.15) is 62.3 Å². The molecule has 0 unspecified atom stereocenters. The Morgan fingerprint density at radius 3 is 2.42 bits per heavy atom. The topological polar surface area (TPSA) is 67.9 Å². The van der Waals surface area contributed by atoms with Gasteiger partial charge in [0.15, 0.2) is 0 Å². The minimum absolute atomic E-state index is 0.0831. The molecule has 0 spiro atoms. The van der Waals surface area contributed by atoms with Crippen molar-refractivity contribution in [1.82, 2.24) is 10.2 Å². The number of carbonyl (C=O) groups excluding carboxylic acids is 2. The number of benzene rings is 3. The van der Waals surface area contributed by atoms with E-state index >= 15 is 0 Å². The highest BCUT2D eigenvalue weighted by molar-refractivity contribution is 6.36. The third kappa shape index (κ3) is 8.18. The molecule has 1 heterocycles. The van der Waals surface area contributed by atoms with Crippen molar-refractivity contribution in [2.24, 2.45) is 5.41 Å². The standard InChI is InChI=1S/C37H40Cl2N2O4/c1-37(2,3)36(43)45-28-15-17-30-25(21-28)7-5-8-32(31-16-12-26(38)22-33(31)39)35(30)24-10-13-27(14-11-24)44-29-18-20-41(23-29)19-6-9-34(42)40-4/h6,9-17,21-22,29H,5,7-8,18-20,23H2,1-4H3,(H,40,42)/b9-6+/t29-/m0/s1. The Balaban J connectivity index is 1.44. The third-order valence-electron chi connectivity index (χ3n) is 8.15. The first kappa shape index (κ1) is 32.8. The number of carbonyl (C=O) groups is 2. The number of fused-ring (bicyclic) bond motifs is 1. The summed E-state index contributed by atoms with van der Waals surface area (Å²) in [6.45, 7) is 8.00. The predicted octanol–water partition coefficient (Wildman–Crippen LogP) is 8.00. The summed E-state index contributed by atoms with van der Waals surface area (Å²) in [7, 11) is 1.62. The van der Waals surface area contributed by atoms with Gasteiger partial charge in [-0.2, -0.15) is 0 Å². The quantitative estimate of drug-likeness (QED) is 0.153. The van der Waals surface area contributed by atoms with E-state index in [0.29, 0.717) is 22.3 Å². The van der Waals surface area contributed by atoms with Gasteiger partial charge in [0.2, 0.25) is 5.91 Å². The molecule has 45 heavy (non-hydrogen) atoms. The molecule has 0 saturated carbocycles. The van der Waals surface area contributed by atoms with Crippen molar-refractivity contribution < 1.29 is 19.1 Å². The van der Waals surface area contributed by atoms with Crippen molar-refractivity contribution in [2.75, 3.05) is 26.7 Å². The van der Waals surface area contributed by atoms with Gasteiger partial charge in [0.05, 0.1) is 5.41 Å². The van der Waals surface area contributed by atoms with Gasteiger partial charge in [-0.1, -0.05) is 53.5 Å². The van der Waals surface area contributed by atoms with E-state index in [4.69, 9.17) is 32.7 Å². The minimum Gasteiger partial charge on any atom is -0.489 e. The summed E-state index contributed by atoms with van der Waals surface area (Å²) in [5.41, 5.74) is 5.89. The van der Waals surface area contributed by atoms with E-state index < -0.39 is 5.41 Å². The molecule has 8 heteroatoms. The Morgan fingerprint density at radius 2 is 1.71 bits per heavy atom. The van der Waals surface area contributed by atoms with Crippen molar-refractivity contribution in [1.29, 1.82) is 0 Å². The van der Waals surface area contributed by atoms with Crippen LogP contribution in [0.15, 0.2) is 72.8 Å². The number of halogens is 2. The summed E-state index contributed by atoms with van der Waals surface area (Å²) in [5.74, 6) is 1.01. The molecule has 6 nitrogen and oxygen atoms in total. The monoisotopic (exact) mass is 646 g/mol. The van der Waals surface area contributed by atoms with E-state index in [-0.39, 0.29) is 18.0 Å². The highest BCUT2D eigenvalue weighted by Crippen LogP contribution is 2.43. The molecule has 1 amide bonds. The molecular formula is C37H40Cl2N2O4. The van der Waals surface area contributed by atoms with Gasteiger partial charge in [-0.3, -0.25) is 14.5 Å². The van der Waals surface area contributed by atoms with Crippen LogP contribution in [0.3, 0.4) is 0 Å². The van der Waals surface area contributed by atoms with Gasteiger partial charge in [0, 0.05) is 42.8 Å². The molecule has 5 rings (SSSR count). The van der Waals surface area contributed by atoms with Crippen LogP contribution in [-0.4, -0.2) is 49.6 Å². The first-order valence-corrected chi connectivity index (χ1v) is 16.2. The molecule has 1 N–H and O–H groups in total. The first-order chi connectivity index (χ1) is 21.5. The fourth-order valence-electron chi connectivity index (χ4n) is 5.76. The molecule has 0 radical (unpaired) electrons. The summed E-state index contributed by atoms with van der Waals surface area (Å²) < 4.78 is 12.1. The van der Waals surface area contributed by atoms with Gasteiger partial charge in [0.25, 0.3) is 0 Å². The van der Waals surface area contributed by atoms with Crippen LogP contribution in [0.25, 0.3) is 11.1 Å². The summed E-state index contributed by atoms with van der Waals surface area (Å²) in [6.07, 6.45) is 7.04. The van der Waals surface area contributed by atoms with Gasteiger partial charge in [-0.15, -0.1) is 0 Å². The van der Waals surface area contributed by atoms with Gasteiger partial charge in [-0.05, 0) is 116 Å². The second-order valence-corrected chi connectivity index (χ2v) is 13.5. The normalized spacial score (nSPS) is 17.2. The number of likely N-dealkylation sites (N-methyl/N-ethyl adjacent to an activating group) is 1. The number of hydrogen-bond acceptors (Lipinski definition) is 5. The molecule has 1 aliphatic heterocycles. The maximum Gasteiger partial charge on any atom is 0.316 e. The number of ether oxygens (including phenoxy) is 2. The van der Waals surface area contributed by atoms with Crippen molar-refractivity contribution >= 4 is 46.2 Å². The zero-order valence-corrected chi connectivity index (χ0v) is 27.8. The van der Waals surface area contributed by atoms with Gasteiger partial charge in [-0.25, -0.2) is 0 Å². The number of amides is 1. The van der Waals surface area contributed by atoms with E-state index in [2.05, 4.69) is 28.4 Å². The Labute approximate surface area is 276 Å². The summed E-state index contributed by atoms with van der Waals surface area (Å²) in [6, 6.07) is 19.9. The zero-order chi connectivity index (χ0) is 32.1. The number of hydrogen-bond donors (Lipinski definition) is 1. The SMILES string of the molecule is CNC(=O)/C=C/CN1CC[C@H](Oc2ccc(C3=C(c4ccc(Cl)cc4Cl)CCCc4cc(OC(=O)C(C)(C)C)ccc43)cc2)C1. The molecular weight excluding hydrogens is 607 g/mol. The number of esters is 1. The second kappa shape index (κ2) is 14.2. The molecule has 1 saturated heterocycles. The number of likely N-dealkylation sites (tertiary alicyclic amines) is 1. The first-order valence-electron chi connectivity index (χ1n) is 15.4. The minimum atomic E-state index is -0.596. The van der Waals surface area contributed by atoms with Crippen LogP contribution >= 0.6 is 23.2 Å². The van der Waals surface area contributed by atoms with Crippen molar-refractivity contribution in [2.45, 2.75) is 52.6 Å². The van der Waals surface area contributed by atoms with Crippen LogP contribution in [0.5, 0.6) is 11.5 Å². The molecule has 1 fully saturated rings. The van der Waals surface area contributed by atoms with Crippen molar-refractivity contribution in [3.05, 3.63) is 105 Å². The molecule has 3 aromatic rings. The Hall–Kier alpha value is -3.58. The predicted molar refractivity (Wildman–Crippen MR) is 182 cm³/mol. The number of nitrogens with zero attached hydrogens (tertiary/aromatic N) is 1. The van der Waals surface area contributed by atoms with Crippen LogP contribution in [0, 0.1) is 5.41 Å². The van der Waals surface area contributed by atoms with Gasteiger partial charge < -0.3 is 14.8 Å². The fraction of sp³-hybridized carbons (Fsp3) is 0.351. The van der Waals surface area contributed by atoms with E-state index in [1.54, 1.807) is 19.2 Å². The van der Waals surface area contributed by atoms with Gasteiger partial charge >= 0.3 is 5.97 Å². The molecule has 0 bridgehead atoms. The van der Waals surface area contributed by atoms with Crippen molar-refractivity contribution in [3.63, 3.8) is 0 Å². The molecule has 1 aliphatic carbocycles. The lowest BCUT2D eigenvalue weighted by Crippen LogP contribution is -2.25. The average molecular weight is 648 g/mol. The summed E-state index contributed by atoms with van der Waals surface area (Å²) >= 11 is 13.1. The third-order valence-corrected chi connectivity index (χ3v) is 8.70. The Kier molecular flexibility index (Phi) is 10.4. The number of aryl methyl sites for hydroxylation is 1. The molecule has 236 valence electrons.